The minimum Gasteiger partial charge on any atom is -0.516 e. The highest BCUT2D eigenvalue weighted by Crippen LogP contribution is 2.14. The van der Waals surface area contributed by atoms with Gasteiger partial charge in [0.05, 0.1) is 0 Å². The number of methoxy groups -OCH3 is 2. The van der Waals surface area contributed by atoms with E-state index in [1.807, 2.05) is 0 Å². The molecule has 0 aliphatic rings. The molecule has 0 atom stereocenters. The molecular weight excluding hydrogens is 464 g/mol. The standard InChI is InChI=1S/C26H52O4Si.CH2OS/c1-4-5-6-21-24-31-30-25(27)22-19-17-15-13-11-9-7-8-10-12-14-16-18-20-23-26(28-2)29-3;2-1-3/h26H,4-24H2,1-3H3;1H,(H,2,3). The molecule has 0 heterocycles. The fourth-order valence-corrected chi connectivity index (χ4v) is 4.60. The van der Waals surface area contributed by atoms with E-state index in [9.17, 15) is 4.79 Å². The van der Waals surface area contributed by atoms with Crippen LogP contribution in [0.3, 0.4) is 0 Å². The molecule has 7 heteroatoms. The van der Waals surface area contributed by atoms with Gasteiger partial charge in [-0.1, -0.05) is 110 Å². The van der Waals surface area contributed by atoms with Crippen molar-refractivity contribution in [2.75, 3.05) is 14.2 Å². The lowest BCUT2D eigenvalue weighted by Crippen LogP contribution is -2.12. The molecule has 2 radical (unpaired) electrons. The Morgan fingerprint density at radius 1 is 0.735 bits per heavy atom. The van der Waals surface area contributed by atoms with Gasteiger partial charge in [0, 0.05) is 20.6 Å². The highest BCUT2D eigenvalue weighted by Gasteiger charge is 2.04. The zero-order chi connectivity index (χ0) is 25.5. The Labute approximate surface area is 219 Å². The summed E-state index contributed by atoms with van der Waals surface area (Å²) in [6, 6.07) is 1.05. The topological polar surface area (TPSA) is 61.8 Å². The molecule has 0 bridgehead atoms. The van der Waals surface area contributed by atoms with E-state index >= 15 is 0 Å². The molecule has 0 aromatic carbocycles. The number of hydrogen-bond acceptors (Lipinski definition) is 5. The zero-order valence-corrected chi connectivity index (χ0v) is 24.4. The van der Waals surface area contributed by atoms with Crippen molar-refractivity contribution in [1.29, 1.82) is 0 Å². The third-order valence-electron chi connectivity index (χ3n) is 5.91. The minimum atomic E-state index is -0.0216. The van der Waals surface area contributed by atoms with E-state index in [2.05, 4.69) is 19.6 Å². The Morgan fingerprint density at radius 3 is 1.59 bits per heavy atom. The van der Waals surface area contributed by atoms with E-state index in [4.69, 9.17) is 18.7 Å². The highest BCUT2D eigenvalue weighted by molar-refractivity contribution is 7.94. The second-order valence-corrected chi connectivity index (χ2v) is 10.1. The molecule has 34 heavy (non-hydrogen) atoms. The van der Waals surface area contributed by atoms with Crippen molar-refractivity contribution in [3.05, 3.63) is 0 Å². The maximum atomic E-state index is 11.7. The third kappa shape index (κ3) is 31.6. The number of ether oxygens (including phenoxy) is 2. The summed E-state index contributed by atoms with van der Waals surface area (Å²) >= 11 is 3.11. The van der Waals surface area contributed by atoms with Gasteiger partial charge in [-0.15, -0.1) is 12.6 Å². The van der Waals surface area contributed by atoms with Crippen LogP contribution in [0, 0.1) is 0 Å². The summed E-state index contributed by atoms with van der Waals surface area (Å²) in [5, 5.41) is 0. The average Bonchev–Trinajstić information content (AvgIpc) is 2.84. The summed E-state index contributed by atoms with van der Waals surface area (Å²) in [7, 11) is 3.80. The SMILES string of the molecule is CCCCCC[Si]OC(=O)CCCCCCCCCCCCCCCCC(OC)OC.O=CS. The molecule has 0 aliphatic heterocycles. The largest absolute Gasteiger partial charge is 0.516 e. The lowest BCUT2D eigenvalue weighted by atomic mass is 10.0. The van der Waals surface area contributed by atoms with Crippen LogP contribution in [0.2, 0.25) is 6.04 Å². The van der Waals surface area contributed by atoms with Gasteiger partial charge in [0.2, 0.25) is 0 Å². The lowest BCUT2D eigenvalue weighted by Gasteiger charge is -2.12. The van der Waals surface area contributed by atoms with Gasteiger partial charge in [0.25, 0.3) is 5.97 Å². The normalized spacial score (nSPS) is 10.7. The van der Waals surface area contributed by atoms with Crippen LogP contribution in [0.25, 0.3) is 0 Å². The van der Waals surface area contributed by atoms with Crippen molar-refractivity contribution in [3.63, 3.8) is 0 Å². The Kier molecular flexibility index (Phi) is 34.3. The van der Waals surface area contributed by atoms with Crippen LogP contribution < -0.4 is 0 Å². The highest BCUT2D eigenvalue weighted by atomic mass is 32.1. The first-order valence-electron chi connectivity index (χ1n) is 13.7. The van der Waals surface area contributed by atoms with Gasteiger partial charge in [0.15, 0.2) is 11.9 Å². The second kappa shape index (κ2) is 32.6. The maximum absolute atomic E-state index is 11.7. The molecule has 0 N–H and O–H groups in total. The van der Waals surface area contributed by atoms with Crippen molar-refractivity contribution in [2.24, 2.45) is 0 Å². The van der Waals surface area contributed by atoms with Crippen molar-refractivity contribution in [2.45, 2.75) is 148 Å². The third-order valence-corrected chi connectivity index (χ3v) is 6.84. The molecule has 0 rings (SSSR count). The van der Waals surface area contributed by atoms with Crippen LogP contribution in [-0.2, 0) is 23.5 Å². The maximum Gasteiger partial charge on any atom is 0.314 e. The van der Waals surface area contributed by atoms with Gasteiger partial charge >= 0.3 is 9.76 Å². The van der Waals surface area contributed by atoms with Gasteiger partial charge in [-0.25, -0.2) is 0 Å². The molecular formula is C27H54O5SSi. The molecule has 202 valence electrons. The van der Waals surface area contributed by atoms with Gasteiger partial charge in [-0.3, -0.25) is 9.59 Å². The minimum absolute atomic E-state index is 0.0166. The van der Waals surface area contributed by atoms with Crippen LogP contribution in [0.15, 0.2) is 0 Å². The summed E-state index contributed by atoms with van der Waals surface area (Å²) in [6.45, 7) is 2.22. The van der Waals surface area contributed by atoms with Crippen LogP contribution in [-0.4, -0.2) is 41.9 Å². The van der Waals surface area contributed by atoms with Crippen LogP contribution in [0.1, 0.15) is 135 Å². The summed E-state index contributed by atoms with van der Waals surface area (Å²) in [5.41, 5.74) is 0.444. The molecule has 0 aromatic rings. The smallest absolute Gasteiger partial charge is 0.314 e. The number of unbranched alkanes of at least 4 members (excludes halogenated alkanes) is 16. The molecule has 5 nitrogen and oxygen atoms in total. The predicted octanol–water partition coefficient (Wildman–Crippen LogP) is 8.11. The van der Waals surface area contributed by atoms with Crippen LogP contribution in [0.5, 0.6) is 0 Å². The summed E-state index contributed by atoms with van der Waals surface area (Å²) < 4.78 is 15.8. The van der Waals surface area contributed by atoms with E-state index < -0.39 is 0 Å². The van der Waals surface area contributed by atoms with Crippen molar-refractivity contribution < 1.29 is 23.5 Å². The first-order valence-corrected chi connectivity index (χ1v) is 15.3. The molecule has 0 saturated carbocycles. The van der Waals surface area contributed by atoms with E-state index in [1.54, 1.807) is 14.2 Å². The quantitative estimate of drug-likeness (QED) is 0.0435. The van der Waals surface area contributed by atoms with Crippen molar-refractivity contribution in [1.82, 2.24) is 0 Å². The molecule has 0 saturated heterocycles. The Bertz CT molecular complexity index is 408. The summed E-state index contributed by atoms with van der Waals surface area (Å²) in [6.07, 6.45) is 24.8. The lowest BCUT2D eigenvalue weighted by molar-refractivity contribution is -0.134. The monoisotopic (exact) mass is 518 g/mol. The molecule has 0 fully saturated rings. The molecule has 0 aromatic heterocycles. The first-order chi connectivity index (χ1) is 16.7. The zero-order valence-electron chi connectivity index (χ0n) is 22.5. The number of carbonyl (C=O) groups excluding carboxylic acids is 2. The fourth-order valence-electron chi connectivity index (χ4n) is 3.84. The summed E-state index contributed by atoms with van der Waals surface area (Å²) in [5.74, 6) is 0.0166. The van der Waals surface area contributed by atoms with Gasteiger partial charge in [0.1, 0.15) is 0 Å². The first kappa shape index (κ1) is 35.8. The summed E-state index contributed by atoms with van der Waals surface area (Å²) in [4.78, 5) is 20.4. The van der Waals surface area contributed by atoms with Gasteiger partial charge in [-0.05, 0) is 25.3 Å². The van der Waals surface area contributed by atoms with E-state index in [0.717, 1.165) is 18.9 Å². The van der Waals surface area contributed by atoms with Gasteiger partial charge < -0.3 is 13.9 Å². The Balaban J connectivity index is 0. The Hall–Kier alpha value is -0.373. The molecule has 0 aliphatic carbocycles. The number of thiol groups is 1. The average molecular weight is 519 g/mol. The van der Waals surface area contributed by atoms with Crippen molar-refractivity contribution >= 4 is 34.0 Å². The van der Waals surface area contributed by atoms with Gasteiger partial charge in [-0.2, -0.15) is 0 Å². The predicted molar refractivity (Wildman–Crippen MR) is 148 cm³/mol. The van der Waals surface area contributed by atoms with E-state index in [0.29, 0.717) is 21.8 Å². The van der Waals surface area contributed by atoms with E-state index in [-0.39, 0.29) is 12.3 Å². The van der Waals surface area contributed by atoms with Crippen LogP contribution >= 0.6 is 12.6 Å². The molecule has 0 unspecified atom stereocenters. The second-order valence-electron chi connectivity index (χ2n) is 8.92. The Morgan fingerprint density at radius 2 is 1.15 bits per heavy atom. The van der Waals surface area contributed by atoms with Crippen LogP contribution in [0.4, 0.5) is 0 Å². The number of hydrogen-bond donors (Lipinski definition) is 1. The number of carbonyl (C=O) groups is 2. The molecule has 0 amide bonds. The van der Waals surface area contributed by atoms with Crippen molar-refractivity contribution in [3.8, 4) is 0 Å². The van der Waals surface area contributed by atoms with E-state index in [1.165, 1.54) is 109 Å². The fraction of sp³-hybridized carbons (Fsp3) is 0.926. The number of rotatable bonds is 25. The molecule has 0 spiro atoms.